The number of carbonyl (C=O) groups is 1. The fraction of sp³-hybridized carbons (Fsp3) is 0.611. The number of para-hydroxylation sites is 2. The molecule has 1 aromatic carbocycles. The Hall–Kier alpha value is -1.55. The van der Waals surface area contributed by atoms with Crippen LogP contribution in [-0.4, -0.2) is 38.6 Å². The summed E-state index contributed by atoms with van der Waals surface area (Å²) < 4.78 is 0. The van der Waals surface area contributed by atoms with E-state index in [1.54, 1.807) is 0 Å². The lowest BCUT2D eigenvalue weighted by Gasteiger charge is -2.33. The van der Waals surface area contributed by atoms with Crippen molar-refractivity contribution in [3.63, 3.8) is 0 Å². The molecule has 3 rings (SSSR count). The van der Waals surface area contributed by atoms with Crippen molar-refractivity contribution in [2.24, 2.45) is 11.8 Å². The Morgan fingerprint density at radius 1 is 1.18 bits per heavy atom. The second kappa shape index (κ2) is 6.29. The van der Waals surface area contributed by atoms with Crippen molar-refractivity contribution in [2.75, 3.05) is 36.5 Å². The molecule has 1 saturated heterocycles. The quantitative estimate of drug-likeness (QED) is 0.865. The maximum atomic E-state index is 13.1. The lowest BCUT2D eigenvalue weighted by Crippen LogP contribution is -2.45. The lowest BCUT2D eigenvalue weighted by molar-refractivity contribution is -0.123. The largest absolute Gasteiger partial charge is 0.373 e. The molecule has 3 atom stereocenters. The summed E-state index contributed by atoms with van der Waals surface area (Å²) in [4.78, 5) is 17.5. The zero-order chi connectivity index (χ0) is 15.7. The molecule has 1 fully saturated rings. The molecule has 0 saturated carbocycles. The molecule has 1 aromatic rings. The molecule has 2 aliphatic heterocycles. The first-order valence-electron chi connectivity index (χ1n) is 8.41. The highest BCUT2D eigenvalue weighted by molar-refractivity contribution is 5.98. The normalized spacial score (nSPS) is 29.0. The van der Waals surface area contributed by atoms with E-state index < -0.39 is 0 Å². The molecule has 0 radical (unpaired) electrons. The van der Waals surface area contributed by atoms with E-state index in [4.69, 9.17) is 0 Å². The zero-order valence-corrected chi connectivity index (χ0v) is 13.9. The Labute approximate surface area is 133 Å². The number of rotatable bonds is 1. The summed E-state index contributed by atoms with van der Waals surface area (Å²) in [5, 5.41) is 3.44. The van der Waals surface area contributed by atoms with E-state index in [1.165, 1.54) is 5.69 Å². The second-order valence-corrected chi connectivity index (χ2v) is 7.00. The number of amides is 1. The minimum absolute atomic E-state index is 0.153. The number of hydrogen-bond acceptors (Lipinski definition) is 3. The molecule has 0 spiro atoms. The van der Waals surface area contributed by atoms with E-state index in [2.05, 4.69) is 49.3 Å². The van der Waals surface area contributed by atoms with Gasteiger partial charge in [-0.25, -0.2) is 0 Å². The predicted octanol–water partition coefficient (Wildman–Crippen LogP) is 2.49. The fourth-order valence-electron chi connectivity index (χ4n) is 3.83. The second-order valence-electron chi connectivity index (χ2n) is 7.00. The third-order valence-electron chi connectivity index (χ3n) is 4.90. The Balaban J connectivity index is 1.90. The van der Waals surface area contributed by atoms with E-state index in [1.807, 2.05) is 11.0 Å². The van der Waals surface area contributed by atoms with Gasteiger partial charge in [-0.05, 0) is 44.4 Å². The highest BCUT2D eigenvalue weighted by Gasteiger charge is 2.32. The van der Waals surface area contributed by atoms with Gasteiger partial charge in [-0.15, -0.1) is 0 Å². The number of nitrogens with zero attached hydrogens (tertiary/aromatic N) is 2. The average Bonchev–Trinajstić information content (AvgIpc) is 2.63. The minimum atomic E-state index is 0.153. The van der Waals surface area contributed by atoms with Gasteiger partial charge in [-0.1, -0.05) is 19.1 Å². The van der Waals surface area contributed by atoms with Crippen molar-refractivity contribution in [3.8, 4) is 0 Å². The minimum Gasteiger partial charge on any atom is -0.373 e. The highest BCUT2D eigenvalue weighted by Crippen LogP contribution is 2.34. The Bertz CT molecular complexity index is 545. The molecule has 2 aliphatic rings. The van der Waals surface area contributed by atoms with E-state index in [0.717, 1.165) is 38.2 Å². The van der Waals surface area contributed by atoms with E-state index in [-0.39, 0.29) is 5.92 Å². The van der Waals surface area contributed by atoms with Crippen molar-refractivity contribution in [2.45, 2.75) is 32.7 Å². The Morgan fingerprint density at radius 3 is 2.64 bits per heavy atom. The first-order chi connectivity index (χ1) is 10.6. The van der Waals surface area contributed by atoms with Crippen LogP contribution in [0, 0.1) is 11.8 Å². The molecule has 0 aliphatic carbocycles. The van der Waals surface area contributed by atoms with Gasteiger partial charge in [0.15, 0.2) is 0 Å². The summed E-state index contributed by atoms with van der Waals surface area (Å²) in [6.07, 6.45) is 1.90. The van der Waals surface area contributed by atoms with E-state index in [9.17, 15) is 4.79 Å². The van der Waals surface area contributed by atoms with Gasteiger partial charge < -0.3 is 15.1 Å². The van der Waals surface area contributed by atoms with Crippen LogP contribution in [0.15, 0.2) is 24.3 Å². The highest BCUT2D eigenvalue weighted by atomic mass is 16.2. The van der Waals surface area contributed by atoms with E-state index in [0.29, 0.717) is 17.9 Å². The Morgan fingerprint density at radius 2 is 1.91 bits per heavy atom. The molecule has 4 nitrogen and oxygen atoms in total. The maximum absolute atomic E-state index is 13.1. The number of benzene rings is 1. The lowest BCUT2D eigenvalue weighted by atomic mass is 9.91. The van der Waals surface area contributed by atoms with Gasteiger partial charge in [0.25, 0.3) is 0 Å². The van der Waals surface area contributed by atoms with Gasteiger partial charge >= 0.3 is 0 Å². The van der Waals surface area contributed by atoms with Crippen LogP contribution in [0.5, 0.6) is 0 Å². The first-order valence-corrected chi connectivity index (χ1v) is 8.41. The SMILES string of the molecule is CC1CN(C)c2ccccc2N(C(=O)[C@H]2CCN[C@@H](C)C2)C1. The van der Waals surface area contributed by atoms with Crippen molar-refractivity contribution >= 4 is 17.3 Å². The molecule has 1 amide bonds. The number of fused-ring (bicyclic) bond motifs is 1. The maximum Gasteiger partial charge on any atom is 0.230 e. The summed E-state index contributed by atoms with van der Waals surface area (Å²) in [6.45, 7) is 7.16. The zero-order valence-electron chi connectivity index (χ0n) is 13.9. The van der Waals surface area contributed by atoms with Gasteiger partial charge in [0.2, 0.25) is 5.91 Å². The smallest absolute Gasteiger partial charge is 0.230 e. The molecule has 0 aromatic heterocycles. The summed E-state index contributed by atoms with van der Waals surface area (Å²) in [6, 6.07) is 8.74. The van der Waals surface area contributed by atoms with Crippen LogP contribution in [0.2, 0.25) is 0 Å². The summed E-state index contributed by atoms with van der Waals surface area (Å²) >= 11 is 0. The number of carbonyl (C=O) groups excluding carboxylic acids is 1. The molecular formula is C18H27N3O. The predicted molar refractivity (Wildman–Crippen MR) is 91.4 cm³/mol. The summed E-state index contributed by atoms with van der Waals surface area (Å²) in [5.41, 5.74) is 2.24. The topological polar surface area (TPSA) is 35.6 Å². The summed E-state index contributed by atoms with van der Waals surface area (Å²) in [5.74, 6) is 0.934. The van der Waals surface area contributed by atoms with Crippen molar-refractivity contribution in [1.29, 1.82) is 0 Å². The third kappa shape index (κ3) is 2.98. The van der Waals surface area contributed by atoms with Crippen LogP contribution in [0.3, 0.4) is 0 Å². The van der Waals surface area contributed by atoms with Crippen LogP contribution >= 0.6 is 0 Å². The molecule has 1 unspecified atom stereocenters. The van der Waals surface area contributed by atoms with Gasteiger partial charge in [0, 0.05) is 32.1 Å². The number of nitrogens with one attached hydrogen (secondary N) is 1. The molecule has 1 N–H and O–H groups in total. The van der Waals surface area contributed by atoms with Gasteiger partial charge in [-0.3, -0.25) is 4.79 Å². The van der Waals surface area contributed by atoms with E-state index >= 15 is 0 Å². The molecular weight excluding hydrogens is 274 g/mol. The van der Waals surface area contributed by atoms with Crippen molar-refractivity contribution < 1.29 is 4.79 Å². The van der Waals surface area contributed by atoms with Gasteiger partial charge in [0.1, 0.15) is 0 Å². The molecule has 4 heteroatoms. The fourth-order valence-corrected chi connectivity index (χ4v) is 3.83. The van der Waals surface area contributed by atoms with Gasteiger partial charge in [0.05, 0.1) is 11.4 Å². The number of piperidine rings is 1. The molecule has 120 valence electrons. The number of hydrogen-bond donors (Lipinski definition) is 1. The summed E-state index contributed by atoms with van der Waals surface area (Å²) in [7, 11) is 2.12. The standard InChI is InChI=1S/C18H27N3O/c1-13-11-20(3)16-6-4-5-7-17(16)21(12-13)18(22)15-8-9-19-14(2)10-15/h4-7,13-15,19H,8-12H2,1-3H3/t13?,14-,15-/m0/s1. The van der Waals surface area contributed by atoms with Crippen molar-refractivity contribution in [1.82, 2.24) is 5.32 Å². The molecule has 2 heterocycles. The monoisotopic (exact) mass is 301 g/mol. The molecule has 0 bridgehead atoms. The Kier molecular flexibility index (Phi) is 4.39. The van der Waals surface area contributed by atoms with Crippen LogP contribution in [0.25, 0.3) is 0 Å². The van der Waals surface area contributed by atoms with Crippen molar-refractivity contribution in [3.05, 3.63) is 24.3 Å². The van der Waals surface area contributed by atoms with Crippen LogP contribution in [-0.2, 0) is 4.79 Å². The van der Waals surface area contributed by atoms with Gasteiger partial charge in [-0.2, -0.15) is 0 Å². The molecule has 22 heavy (non-hydrogen) atoms. The van der Waals surface area contributed by atoms with Crippen LogP contribution in [0.1, 0.15) is 26.7 Å². The average molecular weight is 301 g/mol. The van der Waals surface area contributed by atoms with Crippen LogP contribution in [0.4, 0.5) is 11.4 Å². The first kappa shape index (κ1) is 15.3. The number of anilines is 2. The third-order valence-corrected chi connectivity index (χ3v) is 4.90. The van der Waals surface area contributed by atoms with Crippen LogP contribution < -0.4 is 15.1 Å².